The fourth-order valence-electron chi connectivity index (χ4n) is 1.14. The summed E-state index contributed by atoms with van der Waals surface area (Å²) in [6, 6.07) is 14.7. The minimum absolute atomic E-state index is 0.0225. The summed E-state index contributed by atoms with van der Waals surface area (Å²) in [6.45, 7) is 0. The molecular formula is C12H9NOS. The monoisotopic (exact) mass is 215 g/mol. The van der Waals surface area contributed by atoms with Gasteiger partial charge in [0.05, 0.1) is 0 Å². The van der Waals surface area contributed by atoms with Crippen molar-refractivity contribution >= 4 is 16.9 Å². The van der Waals surface area contributed by atoms with Crippen LogP contribution in [0.4, 0.5) is 0 Å². The van der Waals surface area contributed by atoms with Crippen LogP contribution in [0.25, 0.3) is 0 Å². The number of hydrogen-bond acceptors (Lipinski definition) is 3. The van der Waals surface area contributed by atoms with Gasteiger partial charge < -0.3 is 0 Å². The van der Waals surface area contributed by atoms with E-state index < -0.39 is 0 Å². The Morgan fingerprint density at radius 3 is 2.40 bits per heavy atom. The topological polar surface area (TPSA) is 30.0 Å². The van der Waals surface area contributed by atoms with Crippen molar-refractivity contribution in [2.75, 3.05) is 0 Å². The average Bonchev–Trinajstić information content (AvgIpc) is 2.31. The Kier molecular flexibility index (Phi) is 3.15. The molecule has 0 amide bonds. The Labute approximate surface area is 92.4 Å². The van der Waals surface area contributed by atoms with Crippen LogP contribution in [-0.2, 0) is 0 Å². The lowest BCUT2D eigenvalue weighted by Gasteiger charge is -1.98. The molecule has 0 atom stereocenters. The lowest BCUT2D eigenvalue weighted by Crippen LogP contribution is -1.92. The molecule has 0 unspecified atom stereocenters. The molecule has 0 radical (unpaired) electrons. The van der Waals surface area contributed by atoms with Gasteiger partial charge in [0.25, 0.3) is 0 Å². The molecule has 1 heterocycles. The van der Waals surface area contributed by atoms with Crippen LogP contribution in [0, 0.1) is 0 Å². The Bertz CT molecular complexity index is 442. The smallest absolute Gasteiger partial charge is 0.225 e. The van der Waals surface area contributed by atoms with Gasteiger partial charge in [-0.05, 0) is 23.9 Å². The second kappa shape index (κ2) is 4.75. The van der Waals surface area contributed by atoms with E-state index in [1.54, 1.807) is 18.3 Å². The van der Waals surface area contributed by atoms with Crippen molar-refractivity contribution in [2.24, 2.45) is 0 Å². The first kappa shape index (κ1) is 9.93. The van der Waals surface area contributed by atoms with Crippen molar-refractivity contribution in [1.82, 2.24) is 4.98 Å². The van der Waals surface area contributed by atoms with Crippen LogP contribution in [0.2, 0.25) is 0 Å². The standard InChI is InChI=1S/C12H9NOS/c14-12(10-6-2-1-3-7-10)15-11-8-4-5-9-13-11/h1-9H. The van der Waals surface area contributed by atoms with Gasteiger partial charge in [0.1, 0.15) is 5.03 Å². The predicted molar refractivity (Wildman–Crippen MR) is 60.9 cm³/mol. The number of rotatable bonds is 2. The van der Waals surface area contributed by atoms with Crippen molar-refractivity contribution in [1.29, 1.82) is 0 Å². The fraction of sp³-hybridized carbons (Fsp3) is 0. The van der Waals surface area contributed by atoms with Crippen LogP contribution in [0.1, 0.15) is 10.4 Å². The van der Waals surface area contributed by atoms with Gasteiger partial charge in [-0.2, -0.15) is 0 Å². The van der Waals surface area contributed by atoms with Crippen LogP contribution in [-0.4, -0.2) is 10.1 Å². The second-order valence-corrected chi connectivity index (χ2v) is 3.92. The number of pyridine rings is 1. The molecule has 1 aromatic carbocycles. The molecule has 2 aromatic rings. The molecule has 0 N–H and O–H groups in total. The molecule has 0 bridgehead atoms. The van der Waals surface area contributed by atoms with Crippen LogP contribution >= 0.6 is 11.8 Å². The van der Waals surface area contributed by atoms with Gasteiger partial charge in [0.15, 0.2) is 0 Å². The van der Waals surface area contributed by atoms with Crippen molar-refractivity contribution < 1.29 is 4.79 Å². The zero-order valence-corrected chi connectivity index (χ0v) is 8.78. The number of thioether (sulfide) groups is 1. The molecule has 0 aliphatic heterocycles. The molecule has 0 saturated heterocycles. The van der Waals surface area contributed by atoms with Gasteiger partial charge >= 0.3 is 0 Å². The largest absolute Gasteiger partial charge is 0.281 e. The first-order valence-corrected chi connectivity index (χ1v) is 5.36. The minimum atomic E-state index is 0.0225. The minimum Gasteiger partial charge on any atom is -0.281 e. The molecule has 3 heteroatoms. The van der Waals surface area contributed by atoms with Gasteiger partial charge in [-0.3, -0.25) is 4.79 Å². The average molecular weight is 215 g/mol. The summed E-state index contributed by atoms with van der Waals surface area (Å²) in [6.07, 6.45) is 1.68. The SMILES string of the molecule is O=C(Sc1ccccn1)c1ccccc1. The third kappa shape index (κ3) is 2.67. The van der Waals surface area contributed by atoms with Gasteiger partial charge in [0.2, 0.25) is 5.12 Å². The van der Waals surface area contributed by atoms with Crippen LogP contribution < -0.4 is 0 Å². The number of carbonyl (C=O) groups is 1. The maximum absolute atomic E-state index is 11.7. The van der Waals surface area contributed by atoms with Crippen molar-refractivity contribution in [3.63, 3.8) is 0 Å². The number of carbonyl (C=O) groups excluding carboxylic acids is 1. The Hall–Kier alpha value is -1.61. The van der Waals surface area contributed by atoms with E-state index in [1.165, 1.54) is 0 Å². The molecule has 2 rings (SSSR count). The van der Waals surface area contributed by atoms with E-state index in [4.69, 9.17) is 0 Å². The van der Waals surface area contributed by atoms with Crippen molar-refractivity contribution in [2.45, 2.75) is 5.03 Å². The Balaban J connectivity index is 2.12. The summed E-state index contributed by atoms with van der Waals surface area (Å²) in [7, 11) is 0. The third-order valence-corrected chi connectivity index (χ3v) is 2.72. The molecule has 0 spiro atoms. The highest BCUT2D eigenvalue weighted by Gasteiger charge is 2.07. The molecule has 0 aliphatic rings. The summed E-state index contributed by atoms with van der Waals surface area (Å²) in [4.78, 5) is 15.8. The molecule has 0 fully saturated rings. The molecule has 1 aromatic heterocycles. The quantitative estimate of drug-likeness (QED) is 0.721. The van der Waals surface area contributed by atoms with Gasteiger partial charge in [-0.1, -0.05) is 36.4 Å². The number of benzene rings is 1. The van der Waals surface area contributed by atoms with E-state index in [0.717, 1.165) is 16.8 Å². The summed E-state index contributed by atoms with van der Waals surface area (Å²) >= 11 is 1.15. The summed E-state index contributed by atoms with van der Waals surface area (Å²) < 4.78 is 0. The van der Waals surface area contributed by atoms with E-state index in [0.29, 0.717) is 5.56 Å². The number of aromatic nitrogens is 1. The van der Waals surface area contributed by atoms with E-state index in [1.807, 2.05) is 36.4 Å². The highest BCUT2D eigenvalue weighted by molar-refractivity contribution is 8.14. The van der Waals surface area contributed by atoms with E-state index in [-0.39, 0.29) is 5.12 Å². The molecule has 15 heavy (non-hydrogen) atoms. The molecule has 2 nitrogen and oxygen atoms in total. The van der Waals surface area contributed by atoms with Crippen molar-refractivity contribution in [3.05, 3.63) is 60.3 Å². The summed E-state index contributed by atoms with van der Waals surface area (Å²) in [5.74, 6) is 0. The lowest BCUT2D eigenvalue weighted by molar-refractivity contribution is 0.108. The van der Waals surface area contributed by atoms with Gasteiger partial charge in [0, 0.05) is 11.8 Å². The molecular weight excluding hydrogens is 206 g/mol. The highest BCUT2D eigenvalue weighted by Crippen LogP contribution is 2.19. The van der Waals surface area contributed by atoms with E-state index in [2.05, 4.69) is 4.98 Å². The predicted octanol–water partition coefficient (Wildman–Crippen LogP) is 3.01. The van der Waals surface area contributed by atoms with E-state index in [9.17, 15) is 4.79 Å². The molecule has 74 valence electrons. The van der Waals surface area contributed by atoms with E-state index >= 15 is 0 Å². The van der Waals surface area contributed by atoms with Crippen LogP contribution in [0.3, 0.4) is 0 Å². The van der Waals surface area contributed by atoms with Crippen molar-refractivity contribution in [3.8, 4) is 0 Å². The molecule has 0 aliphatic carbocycles. The zero-order valence-electron chi connectivity index (χ0n) is 7.96. The number of hydrogen-bond donors (Lipinski definition) is 0. The fourth-order valence-corrected chi connectivity index (χ4v) is 1.84. The van der Waals surface area contributed by atoms with Crippen LogP contribution in [0.5, 0.6) is 0 Å². The Morgan fingerprint density at radius 2 is 1.73 bits per heavy atom. The maximum atomic E-state index is 11.7. The highest BCUT2D eigenvalue weighted by atomic mass is 32.2. The van der Waals surface area contributed by atoms with Gasteiger partial charge in [-0.15, -0.1) is 0 Å². The first-order valence-electron chi connectivity index (χ1n) is 4.54. The zero-order chi connectivity index (χ0) is 10.5. The number of nitrogens with zero attached hydrogens (tertiary/aromatic N) is 1. The van der Waals surface area contributed by atoms with Gasteiger partial charge in [-0.25, -0.2) is 4.98 Å². The molecule has 0 saturated carbocycles. The van der Waals surface area contributed by atoms with Crippen LogP contribution in [0.15, 0.2) is 59.8 Å². The second-order valence-electron chi connectivity index (χ2n) is 2.92. The summed E-state index contributed by atoms with van der Waals surface area (Å²) in [5, 5.41) is 0.751. The first-order chi connectivity index (χ1) is 7.36. The maximum Gasteiger partial charge on any atom is 0.225 e. The lowest BCUT2D eigenvalue weighted by atomic mass is 10.2. The normalized spacial score (nSPS) is 9.87. The Morgan fingerprint density at radius 1 is 1.00 bits per heavy atom. The summed E-state index contributed by atoms with van der Waals surface area (Å²) in [5.41, 5.74) is 0.702. The third-order valence-electron chi connectivity index (χ3n) is 1.84.